The van der Waals surface area contributed by atoms with Crippen molar-refractivity contribution in [2.75, 3.05) is 32.1 Å². The van der Waals surface area contributed by atoms with Crippen molar-refractivity contribution in [3.8, 4) is 0 Å². The standard InChI is InChI=1S/C14H21BrN2O2/c1-11-4-5-12(10-13(11)15)16-8-6-14(18)17-7-3-9-19-2/h4-5,10,16H,3,6-9H2,1-2H3,(H,17,18). The molecule has 0 radical (unpaired) electrons. The molecule has 0 aromatic heterocycles. The van der Waals surface area contributed by atoms with Crippen molar-refractivity contribution < 1.29 is 9.53 Å². The molecule has 0 atom stereocenters. The van der Waals surface area contributed by atoms with Gasteiger partial charge in [0.25, 0.3) is 0 Å². The van der Waals surface area contributed by atoms with Crippen LogP contribution in [0.1, 0.15) is 18.4 Å². The number of halogens is 1. The Bertz CT molecular complexity index is 410. The van der Waals surface area contributed by atoms with Gasteiger partial charge in [0.2, 0.25) is 5.91 Å². The van der Waals surface area contributed by atoms with Gasteiger partial charge in [0.05, 0.1) is 0 Å². The number of carbonyl (C=O) groups is 1. The maximum Gasteiger partial charge on any atom is 0.221 e. The van der Waals surface area contributed by atoms with Gasteiger partial charge >= 0.3 is 0 Å². The maximum atomic E-state index is 11.5. The van der Waals surface area contributed by atoms with Gasteiger partial charge in [-0.2, -0.15) is 0 Å². The first kappa shape index (κ1) is 16.0. The highest BCUT2D eigenvalue weighted by molar-refractivity contribution is 9.10. The summed E-state index contributed by atoms with van der Waals surface area (Å²) in [5, 5.41) is 6.09. The van der Waals surface area contributed by atoms with Crippen LogP contribution in [0.25, 0.3) is 0 Å². The van der Waals surface area contributed by atoms with Crippen molar-refractivity contribution in [3.63, 3.8) is 0 Å². The lowest BCUT2D eigenvalue weighted by Gasteiger charge is -2.08. The summed E-state index contributed by atoms with van der Waals surface area (Å²) in [6.45, 7) is 4.02. The van der Waals surface area contributed by atoms with Gasteiger partial charge in [-0.1, -0.05) is 22.0 Å². The molecule has 1 aromatic carbocycles. The summed E-state index contributed by atoms with van der Waals surface area (Å²) >= 11 is 3.48. The summed E-state index contributed by atoms with van der Waals surface area (Å²) in [5.74, 6) is 0.0646. The van der Waals surface area contributed by atoms with Crippen LogP contribution in [0.5, 0.6) is 0 Å². The van der Waals surface area contributed by atoms with Gasteiger partial charge in [-0.25, -0.2) is 0 Å². The summed E-state index contributed by atoms with van der Waals surface area (Å²) in [7, 11) is 1.66. The molecule has 0 bridgehead atoms. The highest BCUT2D eigenvalue weighted by Gasteiger charge is 2.01. The molecule has 0 aliphatic rings. The second kappa shape index (κ2) is 8.93. The molecular weight excluding hydrogens is 308 g/mol. The van der Waals surface area contributed by atoms with E-state index in [9.17, 15) is 4.79 Å². The molecule has 0 spiro atoms. The largest absolute Gasteiger partial charge is 0.385 e. The van der Waals surface area contributed by atoms with Crippen LogP contribution in [-0.2, 0) is 9.53 Å². The lowest BCUT2D eigenvalue weighted by Crippen LogP contribution is -2.26. The fourth-order valence-corrected chi connectivity index (χ4v) is 1.93. The van der Waals surface area contributed by atoms with E-state index in [1.54, 1.807) is 7.11 Å². The van der Waals surface area contributed by atoms with E-state index in [4.69, 9.17) is 4.74 Å². The van der Waals surface area contributed by atoms with Crippen molar-refractivity contribution in [2.24, 2.45) is 0 Å². The van der Waals surface area contributed by atoms with Crippen molar-refractivity contribution in [1.29, 1.82) is 0 Å². The zero-order valence-electron chi connectivity index (χ0n) is 11.5. The second-order valence-electron chi connectivity index (χ2n) is 4.34. The minimum atomic E-state index is 0.0646. The van der Waals surface area contributed by atoms with Crippen molar-refractivity contribution in [2.45, 2.75) is 19.8 Å². The molecule has 0 saturated carbocycles. The number of methoxy groups -OCH3 is 1. The summed E-state index contributed by atoms with van der Waals surface area (Å²) in [4.78, 5) is 11.5. The molecule has 1 amide bonds. The zero-order chi connectivity index (χ0) is 14.1. The molecule has 5 heteroatoms. The van der Waals surface area contributed by atoms with Crippen LogP contribution >= 0.6 is 15.9 Å². The summed E-state index contributed by atoms with van der Waals surface area (Å²) in [5.41, 5.74) is 2.21. The molecule has 1 aromatic rings. The number of ether oxygens (including phenoxy) is 1. The molecule has 19 heavy (non-hydrogen) atoms. The molecular formula is C14H21BrN2O2. The first-order valence-electron chi connectivity index (χ1n) is 6.39. The molecule has 0 fully saturated rings. The van der Waals surface area contributed by atoms with Crippen LogP contribution in [0.3, 0.4) is 0 Å². The Morgan fingerprint density at radius 2 is 2.16 bits per heavy atom. The third-order valence-electron chi connectivity index (χ3n) is 2.70. The average molecular weight is 329 g/mol. The van der Waals surface area contributed by atoms with Crippen LogP contribution in [0.15, 0.2) is 22.7 Å². The zero-order valence-corrected chi connectivity index (χ0v) is 13.0. The Morgan fingerprint density at radius 1 is 1.37 bits per heavy atom. The normalized spacial score (nSPS) is 10.3. The van der Waals surface area contributed by atoms with Gasteiger partial charge in [0.15, 0.2) is 0 Å². The Balaban J connectivity index is 2.18. The Morgan fingerprint density at radius 3 is 2.84 bits per heavy atom. The lowest BCUT2D eigenvalue weighted by atomic mass is 10.2. The predicted octanol–water partition coefficient (Wildman–Crippen LogP) is 2.71. The van der Waals surface area contributed by atoms with Crippen molar-refractivity contribution in [3.05, 3.63) is 28.2 Å². The predicted molar refractivity (Wildman–Crippen MR) is 81.5 cm³/mol. The van der Waals surface area contributed by atoms with Gasteiger partial charge in [-0.15, -0.1) is 0 Å². The third kappa shape index (κ3) is 6.59. The molecule has 106 valence electrons. The van der Waals surface area contributed by atoms with E-state index in [0.717, 1.165) is 16.6 Å². The van der Waals surface area contributed by atoms with Crippen LogP contribution in [-0.4, -0.2) is 32.7 Å². The number of rotatable bonds is 8. The van der Waals surface area contributed by atoms with Gasteiger partial charge in [-0.3, -0.25) is 4.79 Å². The second-order valence-corrected chi connectivity index (χ2v) is 5.19. The van der Waals surface area contributed by atoms with E-state index in [1.165, 1.54) is 5.56 Å². The third-order valence-corrected chi connectivity index (χ3v) is 3.55. The van der Waals surface area contributed by atoms with E-state index < -0.39 is 0 Å². The number of aryl methyl sites for hydroxylation is 1. The van der Waals surface area contributed by atoms with E-state index in [0.29, 0.717) is 26.1 Å². The number of amides is 1. The molecule has 0 aliphatic carbocycles. The monoisotopic (exact) mass is 328 g/mol. The molecule has 0 aliphatic heterocycles. The lowest BCUT2D eigenvalue weighted by molar-refractivity contribution is -0.120. The Hall–Kier alpha value is -1.07. The van der Waals surface area contributed by atoms with Gasteiger partial charge in [0.1, 0.15) is 0 Å². The summed E-state index contributed by atoms with van der Waals surface area (Å²) in [6, 6.07) is 6.07. The van der Waals surface area contributed by atoms with Gasteiger partial charge < -0.3 is 15.4 Å². The first-order chi connectivity index (χ1) is 9.13. The minimum Gasteiger partial charge on any atom is -0.385 e. The average Bonchev–Trinajstić information content (AvgIpc) is 2.39. The molecule has 1 rings (SSSR count). The number of hydrogen-bond acceptors (Lipinski definition) is 3. The van der Waals surface area contributed by atoms with Crippen LogP contribution in [0.4, 0.5) is 5.69 Å². The number of carbonyl (C=O) groups excluding carboxylic acids is 1. The maximum absolute atomic E-state index is 11.5. The van der Waals surface area contributed by atoms with E-state index in [-0.39, 0.29) is 5.91 Å². The minimum absolute atomic E-state index is 0.0646. The SMILES string of the molecule is COCCCNC(=O)CCNc1ccc(C)c(Br)c1. The van der Waals surface area contributed by atoms with Gasteiger partial charge in [0, 0.05) is 43.4 Å². The van der Waals surface area contributed by atoms with Crippen LogP contribution in [0.2, 0.25) is 0 Å². The number of benzene rings is 1. The number of hydrogen-bond donors (Lipinski definition) is 2. The van der Waals surface area contributed by atoms with Gasteiger partial charge in [-0.05, 0) is 31.0 Å². The highest BCUT2D eigenvalue weighted by Crippen LogP contribution is 2.20. The first-order valence-corrected chi connectivity index (χ1v) is 7.18. The Kier molecular flexibility index (Phi) is 7.52. The fourth-order valence-electron chi connectivity index (χ4n) is 1.56. The van der Waals surface area contributed by atoms with Crippen molar-refractivity contribution in [1.82, 2.24) is 5.32 Å². The van der Waals surface area contributed by atoms with Crippen LogP contribution in [0, 0.1) is 6.92 Å². The smallest absolute Gasteiger partial charge is 0.221 e. The highest BCUT2D eigenvalue weighted by atomic mass is 79.9. The molecule has 0 unspecified atom stereocenters. The molecule has 0 heterocycles. The van der Waals surface area contributed by atoms with Crippen molar-refractivity contribution >= 4 is 27.5 Å². The fraction of sp³-hybridized carbons (Fsp3) is 0.500. The van der Waals surface area contributed by atoms with E-state index in [1.807, 2.05) is 25.1 Å². The van der Waals surface area contributed by atoms with E-state index in [2.05, 4.69) is 26.6 Å². The summed E-state index contributed by atoms with van der Waals surface area (Å²) in [6.07, 6.45) is 1.32. The van der Waals surface area contributed by atoms with Crippen LogP contribution < -0.4 is 10.6 Å². The quantitative estimate of drug-likeness (QED) is 0.721. The topological polar surface area (TPSA) is 50.4 Å². The number of nitrogens with one attached hydrogen (secondary N) is 2. The molecule has 0 saturated heterocycles. The summed E-state index contributed by atoms with van der Waals surface area (Å²) < 4.78 is 5.99. The molecule has 4 nitrogen and oxygen atoms in total. The Labute approximate surface area is 123 Å². The van der Waals surface area contributed by atoms with E-state index >= 15 is 0 Å². The molecule has 2 N–H and O–H groups in total. The number of anilines is 1.